The Hall–Kier alpha value is -1.06. The van der Waals surface area contributed by atoms with E-state index in [1.807, 2.05) is 0 Å². The highest BCUT2D eigenvalue weighted by molar-refractivity contribution is 5.72. The van der Waals surface area contributed by atoms with E-state index < -0.39 is 0 Å². The minimum absolute atomic E-state index is 0.00953. The summed E-state index contributed by atoms with van der Waals surface area (Å²) in [5.41, 5.74) is 0. The molecular weight excluding hydrogens is 460 g/mol. The third kappa shape index (κ3) is 22.6. The Balaban J connectivity index is 3.62. The smallest absolute Gasteiger partial charge is 0.309 e. The molecule has 0 aliphatic rings. The second kappa shape index (κ2) is 28.0. The summed E-state index contributed by atoms with van der Waals surface area (Å²) in [7, 11) is 0. The van der Waals surface area contributed by atoms with E-state index in [-0.39, 0.29) is 17.9 Å². The molecule has 4 heteroatoms. The lowest BCUT2D eigenvalue weighted by Crippen LogP contribution is -2.25. The highest BCUT2D eigenvalue weighted by atomic mass is 16.5. The van der Waals surface area contributed by atoms with E-state index in [9.17, 15) is 9.59 Å². The summed E-state index contributed by atoms with van der Waals surface area (Å²) < 4.78 is 10.9. The molecule has 2 atom stereocenters. The number of esters is 2. The van der Waals surface area contributed by atoms with Gasteiger partial charge in [-0.15, -0.1) is 0 Å². The molecule has 0 heterocycles. The Morgan fingerprint density at radius 2 is 0.973 bits per heavy atom. The summed E-state index contributed by atoms with van der Waals surface area (Å²) in [5, 5.41) is 0. The van der Waals surface area contributed by atoms with Crippen LogP contribution >= 0.6 is 0 Å². The molecule has 0 amide bonds. The second-order valence-electron chi connectivity index (χ2n) is 11.1. The van der Waals surface area contributed by atoms with Crippen molar-refractivity contribution in [1.29, 1.82) is 0 Å². The molecule has 0 radical (unpaired) electrons. The summed E-state index contributed by atoms with van der Waals surface area (Å²) in [4.78, 5) is 24.3. The average molecular weight is 525 g/mol. The van der Waals surface area contributed by atoms with Crippen LogP contribution in [0.25, 0.3) is 0 Å². The minimum Gasteiger partial charge on any atom is -0.466 e. The van der Waals surface area contributed by atoms with E-state index >= 15 is 0 Å². The summed E-state index contributed by atoms with van der Waals surface area (Å²) in [6.07, 6.45) is 26.7. The predicted molar refractivity (Wildman–Crippen MR) is 158 cm³/mol. The summed E-state index contributed by atoms with van der Waals surface area (Å²) in [6.45, 7) is 9.95. The first-order valence-corrected chi connectivity index (χ1v) is 16.4. The standard InChI is InChI=1S/C33H64O4/c1-5-9-11-24-28-36-32(34)27-23-21-19-17-15-13-14-16-18-20-22-26-30(7-3)31(8-4)33(35)37-29-25-12-10-6-2/h30-31H,5-29H2,1-4H3. The van der Waals surface area contributed by atoms with Gasteiger partial charge in [0, 0.05) is 6.42 Å². The normalized spacial score (nSPS) is 12.9. The van der Waals surface area contributed by atoms with Crippen molar-refractivity contribution in [3.05, 3.63) is 0 Å². The van der Waals surface area contributed by atoms with Crippen LogP contribution in [-0.4, -0.2) is 25.2 Å². The van der Waals surface area contributed by atoms with Crippen molar-refractivity contribution in [2.75, 3.05) is 13.2 Å². The lowest BCUT2D eigenvalue weighted by Gasteiger charge is -2.23. The van der Waals surface area contributed by atoms with Crippen molar-refractivity contribution in [3.8, 4) is 0 Å². The molecule has 0 rings (SSSR count). The topological polar surface area (TPSA) is 52.6 Å². The van der Waals surface area contributed by atoms with Crippen LogP contribution < -0.4 is 0 Å². The molecule has 37 heavy (non-hydrogen) atoms. The third-order valence-corrected chi connectivity index (χ3v) is 7.79. The number of rotatable bonds is 28. The van der Waals surface area contributed by atoms with Gasteiger partial charge in [-0.1, -0.05) is 137 Å². The lowest BCUT2D eigenvalue weighted by atomic mass is 9.84. The fourth-order valence-electron chi connectivity index (χ4n) is 5.24. The molecule has 0 bridgehead atoms. The average Bonchev–Trinajstić information content (AvgIpc) is 2.90. The number of ether oxygens (including phenoxy) is 2. The monoisotopic (exact) mass is 524 g/mol. The van der Waals surface area contributed by atoms with Gasteiger partial charge < -0.3 is 9.47 Å². The second-order valence-corrected chi connectivity index (χ2v) is 11.1. The van der Waals surface area contributed by atoms with Gasteiger partial charge in [0.2, 0.25) is 0 Å². The van der Waals surface area contributed by atoms with Crippen LogP contribution in [0.4, 0.5) is 0 Å². The van der Waals surface area contributed by atoms with E-state index in [1.165, 1.54) is 89.9 Å². The van der Waals surface area contributed by atoms with Crippen molar-refractivity contribution < 1.29 is 19.1 Å². The maximum Gasteiger partial charge on any atom is 0.309 e. The highest BCUT2D eigenvalue weighted by Gasteiger charge is 2.26. The van der Waals surface area contributed by atoms with Gasteiger partial charge in [0.15, 0.2) is 0 Å². The van der Waals surface area contributed by atoms with Crippen molar-refractivity contribution in [1.82, 2.24) is 0 Å². The van der Waals surface area contributed by atoms with Gasteiger partial charge in [-0.3, -0.25) is 9.59 Å². The van der Waals surface area contributed by atoms with Gasteiger partial charge >= 0.3 is 11.9 Å². The zero-order chi connectivity index (χ0) is 27.4. The first kappa shape index (κ1) is 35.9. The molecule has 0 aromatic heterocycles. The molecule has 0 fully saturated rings. The van der Waals surface area contributed by atoms with Gasteiger partial charge in [-0.2, -0.15) is 0 Å². The lowest BCUT2D eigenvalue weighted by molar-refractivity contribution is -0.151. The van der Waals surface area contributed by atoms with Crippen molar-refractivity contribution in [2.45, 2.75) is 175 Å². The molecule has 0 aromatic rings. The number of carbonyl (C=O) groups is 2. The summed E-state index contributed by atoms with van der Waals surface area (Å²) in [5.74, 6) is 0.589. The molecule has 4 nitrogen and oxygen atoms in total. The van der Waals surface area contributed by atoms with Crippen molar-refractivity contribution in [3.63, 3.8) is 0 Å². The predicted octanol–water partition coefficient (Wildman–Crippen LogP) is 10.4. The Bertz CT molecular complexity index is 505. The largest absolute Gasteiger partial charge is 0.466 e. The first-order chi connectivity index (χ1) is 18.1. The Labute approximate surface area is 231 Å². The third-order valence-electron chi connectivity index (χ3n) is 7.79. The van der Waals surface area contributed by atoms with Crippen molar-refractivity contribution >= 4 is 11.9 Å². The van der Waals surface area contributed by atoms with Crippen LogP contribution in [-0.2, 0) is 19.1 Å². The molecule has 2 unspecified atom stereocenters. The van der Waals surface area contributed by atoms with Crippen LogP contribution in [0.2, 0.25) is 0 Å². The Morgan fingerprint density at radius 3 is 1.46 bits per heavy atom. The number of unbranched alkanes of at least 4 members (excludes halogenated alkanes) is 16. The molecule has 0 spiro atoms. The summed E-state index contributed by atoms with van der Waals surface area (Å²) in [6, 6.07) is 0. The first-order valence-electron chi connectivity index (χ1n) is 16.4. The quantitative estimate of drug-likeness (QED) is 0.0754. The van der Waals surface area contributed by atoms with Gasteiger partial charge in [0.05, 0.1) is 19.1 Å². The fraction of sp³-hybridized carbons (Fsp3) is 0.939. The maximum atomic E-state index is 12.6. The van der Waals surface area contributed by atoms with E-state index in [0.717, 1.165) is 51.4 Å². The molecule has 0 aliphatic heterocycles. The highest BCUT2D eigenvalue weighted by Crippen LogP contribution is 2.27. The van der Waals surface area contributed by atoms with Gasteiger partial charge in [-0.25, -0.2) is 0 Å². The molecule has 0 saturated carbocycles. The van der Waals surface area contributed by atoms with E-state index in [1.54, 1.807) is 0 Å². The minimum atomic E-state index is -0.00953. The van der Waals surface area contributed by atoms with E-state index in [2.05, 4.69) is 27.7 Å². The molecule has 0 N–H and O–H groups in total. The molecular formula is C33H64O4. The molecule has 0 aliphatic carbocycles. The SMILES string of the molecule is CCCCCCOC(=O)CCCCCCCCCCCCCC(CC)C(CC)C(=O)OCCCCCC. The number of carbonyl (C=O) groups excluding carboxylic acids is 2. The number of hydrogen-bond acceptors (Lipinski definition) is 4. The summed E-state index contributed by atoms with van der Waals surface area (Å²) >= 11 is 0. The van der Waals surface area contributed by atoms with E-state index in [4.69, 9.17) is 9.47 Å². The zero-order valence-corrected chi connectivity index (χ0v) is 25.5. The van der Waals surface area contributed by atoms with E-state index in [0.29, 0.717) is 25.6 Å². The zero-order valence-electron chi connectivity index (χ0n) is 25.5. The molecule has 0 saturated heterocycles. The van der Waals surface area contributed by atoms with Crippen LogP contribution in [0.5, 0.6) is 0 Å². The Morgan fingerprint density at radius 1 is 0.514 bits per heavy atom. The maximum absolute atomic E-state index is 12.6. The molecule has 0 aromatic carbocycles. The van der Waals surface area contributed by atoms with Crippen LogP contribution in [0.1, 0.15) is 175 Å². The van der Waals surface area contributed by atoms with Crippen LogP contribution in [0.15, 0.2) is 0 Å². The van der Waals surface area contributed by atoms with Gasteiger partial charge in [0.1, 0.15) is 0 Å². The Kier molecular flexibility index (Phi) is 27.2. The van der Waals surface area contributed by atoms with Crippen molar-refractivity contribution in [2.24, 2.45) is 11.8 Å². The molecule has 220 valence electrons. The van der Waals surface area contributed by atoms with Gasteiger partial charge in [-0.05, 0) is 38.0 Å². The fourth-order valence-corrected chi connectivity index (χ4v) is 5.24. The van der Waals surface area contributed by atoms with Crippen LogP contribution in [0.3, 0.4) is 0 Å². The van der Waals surface area contributed by atoms with Crippen LogP contribution in [0, 0.1) is 11.8 Å². The number of hydrogen-bond donors (Lipinski definition) is 0. The van der Waals surface area contributed by atoms with Gasteiger partial charge in [0.25, 0.3) is 0 Å².